The molecule has 0 unspecified atom stereocenters. The predicted molar refractivity (Wildman–Crippen MR) is 101 cm³/mol. The van der Waals surface area contributed by atoms with Gasteiger partial charge in [0, 0.05) is 26.2 Å². The van der Waals surface area contributed by atoms with E-state index in [0.717, 1.165) is 5.56 Å². The highest BCUT2D eigenvalue weighted by Crippen LogP contribution is 2.27. The summed E-state index contributed by atoms with van der Waals surface area (Å²) >= 11 is 0. The van der Waals surface area contributed by atoms with Crippen LogP contribution in [0.4, 0.5) is 0 Å². The second kappa shape index (κ2) is 7.21. The first-order chi connectivity index (χ1) is 12.3. The molecule has 1 heterocycles. The van der Waals surface area contributed by atoms with Gasteiger partial charge in [-0.3, -0.25) is 4.79 Å². The van der Waals surface area contributed by atoms with Crippen LogP contribution in [0, 0.1) is 0 Å². The third-order valence-corrected chi connectivity index (χ3v) is 6.85. The molecule has 138 valence electrons. The standard InChI is InChI=1S/C20H24N2O3S/c1-20(2,17-9-5-3-6-10-17)19(23)21-13-15-22(16-14-21)26(24,25)18-11-7-4-8-12-18/h3-12H,13-16H2,1-2H3. The summed E-state index contributed by atoms with van der Waals surface area (Å²) in [5.41, 5.74) is 0.325. The van der Waals surface area contributed by atoms with Gasteiger partial charge in [0.25, 0.3) is 0 Å². The molecule has 2 aromatic carbocycles. The maximum absolute atomic E-state index is 13.0. The second-order valence-corrected chi connectivity index (χ2v) is 8.94. The third kappa shape index (κ3) is 3.52. The van der Waals surface area contributed by atoms with Gasteiger partial charge >= 0.3 is 0 Å². The molecule has 0 N–H and O–H groups in total. The number of hydrogen-bond donors (Lipinski definition) is 0. The first-order valence-corrected chi connectivity index (χ1v) is 10.2. The number of rotatable bonds is 4. The van der Waals surface area contributed by atoms with E-state index in [4.69, 9.17) is 0 Å². The Kier molecular flexibility index (Phi) is 5.16. The van der Waals surface area contributed by atoms with Gasteiger partial charge in [-0.05, 0) is 31.5 Å². The molecule has 0 aromatic heterocycles. The average molecular weight is 372 g/mol. The number of carbonyl (C=O) groups is 1. The zero-order chi connectivity index (χ0) is 18.8. The van der Waals surface area contributed by atoms with Crippen LogP contribution < -0.4 is 0 Å². The van der Waals surface area contributed by atoms with E-state index in [1.54, 1.807) is 35.2 Å². The van der Waals surface area contributed by atoms with Crippen molar-refractivity contribution in [3.63, 3.8) is 0 Å². The van der Waals surface area contributed by atoms with Gasteiger partial charge < -0.3 is 4.90 Å². The first kappa shape index (κ1) is 18.6. The van der Waals surface area contributed by atoms with Gasteiger partial charge in [0.05, 0.1) is 10.3 Å². The van der Waals surface area contributed by atoms with Crippen LogP contribution in [0.15, 0.2) is 65.6 Å². The van der Waals surface area contributed by atoms with E-state index in [-0.39, 0.29) is 5.91 Å². The molecule has 1 amide bonds. The van der Waals surface area contributed by atoms with Crippen LogP contribution in [0.3, 0.4) is 0 Å². The van der Waals surface area contributed by atoms with Crippen molar-refractivity contribution >= 4 is 15.9 Å². The zero-order valence-electron chi connectivity index (χ0n) is 15.1. The lowest BCUT2D eigenvalue weighted by Crippen LogP contribution is -2.54. The number of benzene rings is 2. The van der Waals surface area contributed by atoms with E-state index in [1.165, 1.54) is 4.31 Å². The van der Waals surface area contributed by atoms with E-state index >= 15 is 0 Å². The SMILES string of the molecule is CC(C)(C(=O)N1CCN(S(=O)(=O)c2ccccc2)CC1)c1ccccc1. The highest BCUT2D eigenvalue weighted by Gasteiger charge is 2.37. The molecular weight excluding hydrogens is 348 g/mol. The Morgan fingerprint density at radius 3 is 1.88 bits per heavy atom. The van der Waals surface area contributed by atoms with E-state index in [0.29, 0.717) is 31.1 Å². The summed E-state index contributed by atoms with van der Waals surface area (Å²) in [6.07, 6.45) is 0. The minimum absolute atomic E-state index is 0.0282. The van der Waals surface area contributed by atoms with Crippen LogP contribution in [0.5, 0.6) is 0 Å². The van der Waals surface area contributed by atoms with Crippen LogP contribution in [-0.4, -0.2) is 49.7 Å². The highest BCUT2D eigenvalue weighted by molar-refractivity contribution is 7.89. The number of carbonyl (C=O) groups excluding carboxylic acids is 1. The predicted octanol–water partition coefficient (Wildman–Crippen LogP) is 2.50. The number of sulfonamides is 1. The van der Waals surface area contributed by atoms with Crippen molar-refractivity contribution in [3.05, 3.63) is 66.2 Å². The zero-order valence-corrected chi connectivity index (χ0v) is 15.9. The molecule has 0 radical (unpaired) electrons. The molecule has 1 aliphatic rings. The van der Waals surface area contributed by atoms with Crippen molar-refractivity contribution in [2.45, 2.75) is 24.2 Å². The molecule has 1 fully saturated rings. The topological polar surface area (TPSA) is 57.7 Å². The fraction of sp³-hybridized carbons (Fsp3) is 0.350. The normalized spacial score (nSPS) is 16.5. The fourth-order valence-corrected chi connectivity index (χ4v) is 4.69. The maximum atomic E-state index is 13.0. The van der Waals surface area contributed by atoms with Crippen molar-refractivity contribution in [3.8, 4) is 0 Å². The van der Waals surface area contributed by atoms with Gasteiger partial charge in [-0.15, -0.1) is 0 Å². The van der Waals surface area contributed by atoms with Crippen LogP contribution in [0.1, 0.15) is 19.4 Å². The fourth-order valence-electron chi connectivity index (χ4n) is 3.25. The lowest BCUT2D eigenvalue weighted by atomic mass is 9.83. The van der Waals surface area contributed by atoms with E-state index in [1.807, 2.05) is 44.2 Å². The van der Waals surface area contributed by atoms with Crippen LogP contribution in [0.25, 0.3) is 0 Å². The Bertz CT molecular complexity index is 856. The van der Waals surface area contributed by atoms with E-state index in [9.17, 15) is 13.2 Å². The molecular formula is C20H24N2O3S. The molecule has 1 aliphatic heterocycles. The van der Waals surface area contributed by atoms with Crippen molar-refractivity contribution in [2.75, 3.05) is 26.2 Å². The molecule has 1 saturated heterocycles. The molecule has 0 atom stereocenters. The number of hydrogen-bond acceptors (Lipinski definition) is 3. The molecule has 6 heteroatoms. The second-order valence-electron chi connectivity index (χ2n) is 7.00. The number of piperazine rings is 1. The van der Waals surface area contributed by atoms with Crippen molar-refractivity contribution in [1.82, 2.24) is 9.21 Å². The van der Waals surface area contributed by atoms with Crippen molar-refractivity contribution in [1.29, 1.82) is 0 Å². The Morgan fingerprint density at radius 2 is 1.35 bits per heavy atom. The van der Waals surface area contributed by atoms with E-state index in [2.05, 4.69) is 0 Å². The van der Waals surface area contributed by atoms with Crippen LogP contribution in [0.2, 0.25) is 0 Å². The number of nitrogens with zero attached hydrogens (tertiary/aromatic N) is 2. The summed E-state index contributed by atoms with van der Waals surface area (Å²) in [6.45, 7) is 5.26. The van der Waals surface area contributed by atoms with Crippen molar-refractivity contribution < 1.29 is 13.2 Å². The molecule has 0 saturated carbocycles. The quantitative estimate of drug-likeness (QED) is 0.829. The Balaban J connectivity index is 1.70. The van der Waals surface area contributed by atoms with Gasteiger partial charge in [-0.2, -0.15) is 4.31 Å². The minimum Gasteiger partial charge on any atom is -0.339 e. The molecule has 3 rings (SSSR count). The first-order valence-electron chi connectivity index (χ1n) is 8.73. The Morgan fingerprint density at radius 1 is 0.846 bits per heavy atom. The molecule has 0 bridgehead atoms. The third-order valence-electron chi connectivity index (χ3n) is 4.94. The van der Waals surface area contributed by atoms with Gasteiger partial charge in [0.1, 0.15) is 0 Å². The minimum atomic E-state index is -3.50. The maximum Gasteiger partial charge on any atom is 0.243 e. The van der Waals surface area contributed by atoms with Gasteiger partial charge in [0.15, 0.2) is 0 Å². The summed E-state index contributed by atoms with van der Waals surface area (Å²) in [7, 11) is -3.50. The summed E-state index contributed by atoms with van der Waals surface area (Å²) in [5.74, 6) is 0.0282. The van der Waals surface area contributed by atoms with E-state index < -0.39 is 15.4 Å². The number of amides is 1. The summed E-state index contributed by atoms with van der Waals surface area (Å²) < 4.78 is 26.9. The lowest BCUT2D eigenvalue weighted by Gasteiger charge is -2.38. The van der Waals surface area contributed by atoms with Crippen LogP contribution >= 0.6 is 0 Å². The summed E-state index contributed by atoms with van der Waals surface area (Å²) in [6, 6.07) is 18.1. The Hall–Kier alpha value is -2.18. The molecule has 0 spiro atoms. The summed E-state index contributed by atoms with van der Waals surface area (Å²) in [5, 5.41) is 0. The average Bonchev–Trinajstić information content (AvgIpc) is 2.69. The highest BCUT2D eigenvalue weighted by atomic mass is 32.2. The lowest BCUT2D eigenvalue weighted by molar-refractivity contribution is -0.137. The summed E-state index contributed by atoms with van der Waals surface area (Å²) in [4.78, 5) is 15.1. The van der Waals surface area contributed by atoms with Crippen LogP contribution in [-0.2, 0) is 20.2 Å². The molecule has 5 nitrogen and oxygen atoms in total. The molecule has 0 aliphatic carbocycles. The smallest absolute Gasteiger partial charge is 0.243 e. The Labute approximate surface area is 155 Å². The van der Waals surface area contributed by atoms with Gasteiger partial charge in [0.2, 0.25) is 15.9 Å². The molecule has 26 heavy (non-hydrogen) atoms. The van der Waals surface area contributed by atoms with Gasteiger partial charge in [-0.25, -0.2) is 8.42 Å². The molecule has 2 aromatic rings. The van der Waals surface area contributed by atoms with Crippen molar-refractivity contribution in [2.24, 2.45) is 0 Å². The largest absolute Gasteiger partial charge is 0.339 e. The van der Waals surface area contributed by atoms with Gasteiger partial charge in [-0.1, -0.05) is 48.5 Å². The monoisotopic (exact) mass is 372 g/mol.